The minimum Gasteiger partial charge on any atom is -0.505 e. The van der Waals surface area contributed by atoms with Gasteiger partial charge in [-0.15, -0.1) is 12.8 Å². The molecule has 130 valence electrons. The van der Waals surface area contributed by atoms with Crippen LogP contribution in [0.5, 0.6) is 5.75 Å². The summed E-state index contributed by atoms with van der Waals surface area (Å²) in [5, 5.41) is 9.04. The Hall–Kier alpha value is -2.35. The molecule has 24 heavy (non-hydrogen) atoms. The standard InChI is InChI=1S/C9H8FNO2.C8H14O.C2H2/c1-11-4-5-2-3-6(12)8(10)7(5)9(11)13;1-7(9)8-5-3-2-4-6-8;1-2/h2-3,12H,4H2,1H3;8H,2-6H2,1H3;1-2H. The van der Waals surface area contributed by atoms with Gasteiger partial charge in [0, 0.05) is 19.5 Å². The van der Waals surface area contributed by atoms with Crippen molar-refractivity contribution in [3.8, 4) is 18.6 Å². The molecule has 0 aromatic heterocycles. The van der Waals surface area contributed by atoms with Crippen LogP contribution >= 0.6 is 0 Å². The summed E-state index contributed by atoms with van der Waals surface area (Å²) < 4.78 is 13.2. The fraction of sp³-hybridized carbons (Fsp3) is 0.474. The Kier molecular flexibility index (Phi) is 7.44. The van der Waals surface area contributed by atoms with Crippen LogP contribution in [0, 0.1) is 24.6 Å². The van der Waals surface area contributed by atoms with E-state index in [-0.39, 0.29) is 11.5 Å². The molecule has 1 aliphatic heterocycles. The summed E-state index contributed by atoms with van der Waals surface area (Å²) in [5.41, 5.74) is 0.630. The number of carbonyl (C=O) groups is 2. The highest BCUT2D eigenvalue weighted by Gasteiger charge is 2.29. The number of aromatic hydroxyl groups is 1. The van der Waals surface area contributed by atoms with Gasteiger partial charge in [0.25, 0.3) is 5.91 Å². The Morgan fingerprint density at radius 2 is 1.83 bits per heavy atom. The molecule has 1 amide bonds. The van der Waals surface area contributed by atoms with E-state index in [4.69, 9.17) is 5.11 Å². The van der Waals surface area contributed by atoms with Crippen LogP contribution in [0.2, 0.25) is 0 Å². The van der Waals surface area contributed by atoms with Crippen LogP contribution in [0.15, 0.2) is 12.1 Å². The Balaban J connectivity index is 0.000000230. The molecule has 1 N–H and O–H groups in total. The first-order valence-corrected chi connectivity index (χ1v) is 8.01. The maximum atomic E-state index is 13.2. The monoisotopic (exact) mass is 333 g/mol. The van der Waals surface area contributed by atoms with Gasteiger partial charge < -0.3 is 10.0 Å². The number of Topliss-reactive ketones (excluding diaryl/α,β-unsaturated/α-hetero) is 1. The van der Waals surface area contributed by atoms with Crippen LogP contribution in [0.25, 0.3) is 0 Å². The molecule has 1 aromatic rings. The minimum absolute atomic E-state index is 0.00231. The molecule has 1 aliphatic carbocycles. The van der Waals surface area contributed by atoms with Gasteiger partial charge in [-0.3, -0.25) is 9.59 Å². The molecule has 2 aliphatic rings. The lowest BCUT2D eigenvalue weighted by molar-refractivity contribution is -0.121. The molecule has 0 bridgehead atoms. The first-order chi connectivity index (χ1) is 11.4. The van der Waals surface area contributed by atoms with Crippen molar-refractivity contribution in [1.82, 2.24) is 4.90 Å². The lowest BCUT2D eigenvalue weighted by Gasteiger charge is -2.17. The first-order valence-electron chi connectivity index (χ1n) is 8.01. The van der Waals surface area contributed by atoms with Crippen LogP contribution in [0.1, 0.15) is 54.9 Å². The SMILES string of the molecule is C#C.CC(=O)C1CCCCC1.CN1Cc2ccc(O)c(F)c2C1=O. The lowest BCUT2D eigenvalue weighted by atomic mass is 9.87. The predicted molar refractivity (Wildman–Crippen MR) is 91.0 cm³/mol. The van der Waals surface area contributed by atoms with E-state index in [9.17, 15) is 14.0 Å². The second kappa shape index (κ2) is 9.07. The van der Waals surface area contributed by atoms with Gasteiger partial charge in [-0.25, -0.2) is 4.39 Å². The van der Waals surface area contributed by atoms with E-state index >= 15 is 0 Å². The van der Waals surface area contributed by atoms with Gasteiger partial charge in [-0.05, 0) is 31.4 Å². The second-order valence-corrected chi connectivity index (χ2v) is 6.04. The Morgan fingerprint density at radius 3 is 2.33 bits per heavy atom. The van der Waals surface area contributed by atoms with Gasteiger partial charge >= 0.3 is 0 Å². The summed E-state index contributed by atoms with van der Waals surface area (Å²) in [6, 6.07) is 2.83. The van der Waals surface area contributed by atoms with Gasteiger partial charge in [0.05, 0.1) is 5.56 Å². The molecule has 1 heterocycles. The molecule has 0 atom stereocenters. The van der Waals surface area contributed by atoms with Gasteiger partial charge in [0.15, 0.2) is 11.6 Å². The highest BCUT2D eigenvalue weighted by molar-refractivity contribution is 5.98. The fourth-order valence-corrected chi connectivity index (χ4v) is 3.00. The van der Waals surface area contributed by atoms with Crippen LogP contribution < -0.4 is 0 Å². The maximum absolute atomic E-state index is 13.2. The topological polar surface area (TPSA) is 57.6 Å². The molecular weight excluding hydrogens is 309 g/mol. The molecule has 0 spiro atoms. The van der Waals surface area contributed by atoms with Crippen LogP contribution in [-0.4, -0.2) is 28.7 Å². The smallest absolute Gasteiger partial charge is 0.257 e. The zero-order valence-electron chi connectivity index (χ0n) is 14.2. The molecule has 3 rings (SSSR count). The molecule has 0 unspecified atom stereocenters. The molecule has 0 radical (unpaired) electrons. The van der Waals surface area contributed by atoms with Crippen molar-refractivity contribution in [2.24, 2.45) is 5.92 Å². The molecule has 5 heteroatoms. The highest BCUT2D eigenvalue weighted by atomic mass is 19.1. The number of ketones is 1. The zero-order valence-corrected chi connectivity index (χ0v) is 14.2. The number of carbonyl (C=O) groups excluding carboxylic acids is 2. The maximum Gasteiger partial charge on any atom is 0.257 e. The lowest BCUT2D eigenvalue weighted by Crippen LogP contribution is -2.18. The van der Waals surface area contributed by atoms with Crippen LogP contribution in [0.3, 0.4) is 0 Å². The van der Waals surface area contributed by atoms with E-state index in [2.05, 4.69) is 12.8 Å². The van der Waals surface area contributed by atoms with Crippen LogP contribution in [0.4, 0.5) is 4.39 Å². The Labute approximate surface area is 142 Å². The summed E-state index contributed by atoms with van der Waals surface area (Å²) in [7, 11) is 1.60. The van der Waals surface area contributed by atoms with Crippen molar-refractivity contribution >= 4 is 11.7 Å². The van der Waals surface area contributed by atoms with E-state index in [0.717, 1.165) is 12.8 Å². The number of rotatable bonds is 1. The number of terminal acetylenes is 1. The molecule has 0 saturated heterocycles. The van der Waals surface area contributed by atoms with Crippen molar-refractivity contribution in [3.63, 3.8) is 0 Å². The van der Waals surface area contributed by atoms with Crippen molar-refractivity contribution < 1.29 is 19.1 Å². The summed E-state index contributed by atoms with van der Waals surface area (Å²) in [5.74, 6) is -0.842. The predicted octanol–water partition coefficient (Wildman–Crippen LogP) is 3.52. The zero-order chi connectivity index (χ0) is 18.3. The Morgan fingerprint density at radius 1 is 1.25 bits per heavy atom. The third kappa shape index (κ3) is 4.58. The minimum atomic E-state index is -0.813. The third-order valence-corrected chi connectivity index (χ3v) is 4.36. The summed E-state index contributed by atoms with van der Waals surface area (Å²) in [4.78, 5) is 23.6. The van der Waals surface area contributed by atoms with Crippen molar-refractivity contribution in [2.75, 3.05) is 7.05 Å². The van der Waals surface area contributed by atoms with E-state index in [0.29, 0.717) is 23.8 Å². The van der Waals surface area contributed by atoms with Crippen molar-refractivity contribution in [3.05, 3.63) is 29.1 Å². The molecule has 1 fully saturated rings. The average Bonchev–Trinajstić information content (AvgIpc) is 2.89. The number of halogens is 1. The quantitative estimate of drug-likeness (QED) is 0.800. The number of nitrogens with zero attached hydrogens (tertiary/aromatic N) is 1. The summed E-state index contributed by atoms with van der Waals surface area (Å²) >= 11 is 0. The Bertz CT molecular complexity index is 619. The summed E-state index contributed by atoms with van der Waals surface area (Å²) in [6.45, 7) is 2.13. The largest absolute Gasteiger partial charge is 0.505 e. The van der Waals surface area contributed by atoms with Crippen molar-refractivity contribution in [2.45, 2.75) is 45.6 Å². The number of hydrogen-bond acceptors (Lipinski definition) is 3. The van der Waals surface area contributed by atoms with Gasteiger partial charge in [0.1, 0.15) is 5.78 Å². The van der Waals surface area contributed by atoms with E-state index in [1.54, 1.807) is 20.0 Å². The number of hydrogen-bond donors (Lipinski definition) is 1. The van der Waals surface area contributed by atoms with Gasteiger partial charge in [-0.1, -0.05) is 25.3 Å². The van der Waals surface area contributed by atoms with Gasteiger partial charge in [-0.2, -0.15) is 0 Å². The van der Waals surface area contributed by atoms with E-state index < -0.39 is 11.6 Å². The molecular formula is C19H24FNO3. The fourth-order valence-electron chi connectivity index (χ4n) is 3.00. The normalized spacial score (nSPS) is 16.4. The first kappa shape index (κ1) is 19.7. The average molecular weight is 333 g/mol. The second-order valence-electron chi connectivity index (χ2n) is 6.04. The number of phenols is 1. The molecule has 1 aromatic carbocycles. The number of amides is 1. The van der Waals surface area contributed by atoms with Gasteiger partial charge in [0.2, 0.25) is 0 Å². The number of fused-ring (bicyclic) bond motifs is 1. The van der Waals surface area contributed by atoms with Crippen molar-refractivity contribution in [1.29, 1.82) is 0 Å². The summed E-state index contributed by atoms with van der Waals surface area (Å²) in [6.07, 6.45) is 14.2. The molecule has 4 nitrogen and oxygen atoms in total. The highest BCUT2D eigenvalue weighted by Crippen LogP contribution is 2.29. The number of phenolic OH excluding ortho intramolecular Hbond substituents is 1. The molecule has 1 saturated carbocycles. The van der Waals surface area contributed by atoms with E-state index in [1.807, 2.05) is 0 Å². The van der Waals surface area contributed by atoms with E-state index in [1.165, 1.54) is 30.2 Å². The number of benzene rings is 1. The third-order valence-electron chi connectivity index (χ3n) is 4.36. The van der Waals surface area contributed by atoms with Crippen LogP contribution in [-0.2, 0) is 11.3 Å².